The van der Waals surface area contributed by atoms with Crippen LogP contribution < -0.4 is 4.74 Å². The summed E-state index contributed by atoms with van der Waals surface area (Å²) in [6.07, 6.45) is 2.99. The third kappa shape index (κ3) is 2.44. The molecule has 0 saturated heterocycles. The van der Waals surface area contributed by atoms with Crippen LogP contribution in [-0.2, 0) is 13.0 Å². The second-order valence-corrected chi connectivity index (χ2v) is 6.71. The van der Waals surface area contributed by atoms with Gasteiger partial charge in [-0.2, -0.15) is 0 Å². The molecule has 0 fully saturated rings. The summed E-state index contributed by atoms with van der Waals surface area (Å²) in [7, 11) is 0. The van der Waals surface area contributed by atoms with Crippen molar-refractivity contribution in [2.45, 2.75) is 32.7 Å². The highest BCUT2D eigenvalue weighted by molar-refractivity contribution is 9.10. The standard InChI is InChI=1S/C15H17BrN2OS/c1-9(2)13-7-17-15(20)18(13)8-11-6-12(16)5-10-3-4-19-14(10)11/h5-7,9H,3-4,8H2,1-2H3,(H,17,20). The molecule has 0 unspecified atom stereocenters. The van der Waals surface area contributed by atoms with Gasteiger partial charge in [-0.05, 0) is 35.8 Å². The van der Waals surface area contributed by atoms with Crippen molar-refractivity contribution in [3.05, 3.63) is 44.4 Å². The van der Waals surface area contributed by atoms with Gasteiger partial charge in [0.15, 0.2) is 4.77 Å². The zero-order chi connectivity index (χ0) is 14.3. The van der Waals surface area contributed by atoms with Crippen LogP contribution in [0, 0.1) is 4.77 Å². The average molecular weight is 353 g/mol. The molecule has 2 aromatic rings. The molecule has 0 atom stereocenters. The van der Waals surface area contributed by atoms with Crippen molar-refractivity contribution in [2.24, 2.45) is 0 Å². The molecule has 1 aromatic carbocycles. The van der Waals surface area contributed by atoms with Gasteiger partial charge in [0.05, 0.1) is 13.2 Å². The number of fused-ring (bicyclic) bond motifs is 1. The van der Waals surface area contributed by atoms with Crippen LogP contribution >= 0.6 is 28.1 Å². The Balaban J connectivity index is 2.05. The number of benzene rings is 1. The number of rotatable bonds is 3. The number of imidazole rings is 1. The zero-order valence-electron chi connectivity index (χ0n) is 11.6. The van der Waals surface area contributed by atoms with Gasteiger partial charge in [-0.15, -0.1) is 0 Å². The Hall–Kier alpha value is -1.07. The molecule has 1 aliphatic heterocycles. The predicted octanol–water partition coefficient (Wildman–Crippen LogP) is 4.41. The smallest absolute Gasteiger partial charge is 0.177 e. The fourth-order valence-electron chi connectivity index (χ4n) is 2.68. The minimum atomic E-state index is 0.434. The number of halogens is 1. The van der Waals surface area contributed by atoms with E-state index in [1.165, 1.54) is 16.8 Å². The molecule has 0 aliphatic carbocycles. The molecule has 0 amide bonds. The maximum Gasteiger partial charge on any atom is 0.177 e. The molecule has 3 nitrogen and oxygen atoms in total. The minimum Gasteiger partial charge on any atom is -0.493 e. The van der Waals surface area contributed by atoms with E-state index in [0.29, 0.717) is 5.92 Å². The summed E-state index contributed by atoms with van der Waals surface area (Å²) < 4.78 is 9.82. The lowest BCUT2D eigenvalue weighted by Gasteiger charge is -2.14. The van der Waals surface area contributed by atoms with E-state index in [9.17, 15) is 0 Å². The molecule has 0 bridgehead atoms. The highest BCUT2D eigenvalue weighted by Gasteiger charge is 2.19. The third-order valence-corrected chi connectivity index (χ3v) is 4.44. The number of aromatic amines is 1. The fraction of sp³-hybridized carbons (Fsp3) is 0.400. The molecule has 0 radical (unpaired) electrons. The molecule has 2 heterocycles. The predicted molar refractivity (Wildman–Crippen MR) is 86.1 cm³/mol. The third-order valence-electron chi connectivity index (χ3n) is 3.65. The van der Waals surface area contributed by atoms with Crippen molar-refractivity contribution in [1.82, 2.24) is 9.55 Å². The Morgan fingerprint density at radius 3 is 3.00 bits per heavy atom. The average Bonchev–Trinajstić information content (AvgIpc) is 2.97. The van der Waals surface area contributed by atoms with Crippen molar-refractivity contribution >= 4 is 28.1 Å². The SMILES string of the molecule is CC(C)c1c[nH]c(=S)n1Cc1cc(Br)cc2c1OCC2. The van der Waals surface area contributed by atoms with E-state index in [2.05, 4.69) is 51.5 Å². The number of ether oxygens (including phenoxy) is 1. The first-order chi connectivity index (χ1) is 9.56. The Labute approximate surface area is 132 Å². The highest BCUT2D eigenvalue weighted by atomic mass is 79.9. The highest BCUT2D eigenvalue weighted by Crippen LogP contribution is 2.34. The first kappa shape index (κ1) is 13.9. The maximum absolute atomic E-state index is 5.80. The number of H-pyrrole nitrogens is 1. The summed E-state index contributed by atoms with van der Waals surface area (Å²) in [6, 6.07) is 4.27. The fourth-order valence-corrected chi connectivity index (χ4v) is 3.47. The van der Waals surface area contributed by atoms with Crippen LogP contribution in [0.5, 0.6) is 5.75 Å². The second-order valence-electron chi connectivity index (χ2n) is 5.41. The van der Waals surface area contributed by atoms with Crippen LogP contribution in [0.15, 0.2) is 22.8 Å². The van der Waals surface area contributed by atoms with E-state index in [4.69, 9.17) is 17.0 Å². The quantitative estimate of drug-likeness (QED) is 0.828. The first-order valence-corrected chi connectivity index (χ1v) is 7.98. The van der Waals surface area contributed by atoms with Gasteiger partial charge >= 0.3 is 0 Å². The molecular formula is C15H17BrN2OS. The molecule has 0 saturated carbocycles. The Morgan fingerprint density at radius 2 is 2.25 bits per heavy atom. The lowest BCUT2D eigenvalue weighted by Crippen LogP contribution is -2.07. The van der Waals surface area contributed by atoms with Crippen molar-refractivity contribution in [2.75, 3.05) is 6.61 Å². The van der Waals surface area contributed by atoms with Gasteiger partial charge in [0.25, 0.3) is 0 Å². The van der Waals surface area contributed by atoms with Crippen LogP contribution in [0.2, 0.25) is 0 Å². The Bertz CT molecular complexity index is 702. The van der Waals surface area contributed by atoms with E-state index >= 15 is 0 Å². The van der Waals surface area contributed by atoms with Crippen LogP contribution in [0.3, 0.4) is 0 Å². The van der Waals surface area contributed by atoms with Crippen LogP contribution in [0.25, 0.3) is 0 Å². The summed E-state index contributed by atoms with van der Waals surface area (Å²) in [6.45, 7) is 5.87. The normalized spacial score (nSPS) is 13.6. The zero-order valence-corrected chi connectivity index (χ0v) is 14.0. The van der Waals surface area contributed by atoms with Gasteiger partial charge in [0.2, 0.25) is 0 Å². The lowest BCUT2D eigenvalue weighted by atomic mass is 10.1. The maximum atomic E-state index is 5.80. The van der Waals surface area contributed by atoms with Crippen molar-refractivity contribution in [3.8, 4) is 5.75 Å². The largest absolute Gasteiger partial charge is 0.493 e. The number of aromatic nitrogens is 2. The molecular weight excluding hydrogens is 336 g/mol. The summed E-state index contributed by atoms with van der Waals surface area (Å²) in [5.74, 6) is 1.47. The van der Waals surface area contributed by atoms with E-state index in [1.807, 2.05) is 6.20 Å². The summed E-state index contributed by atoms with van der Waals surface area (Å²) >= 11 is 8.99. The lowest BCUT2D eigenvalue weighted by molar-refractivity contribution is 0.352. The van der Waals surface area contributed by atoms with E-state index < -0.39 is 0 Å². The number of hydrogen-bond acceptors (Lipinski definition) is 2. The van der Waals surface area contributed by atoms with E-state index in [1.54, 1.807) is 0 Å². The van der Waals surface area contributed by atoms with Gasteiger partial charge in [0, 0.05) is 28.3 Å². The molecule has 20 heavy (non-hydrogen) atoms. The van der Waals surface area contributed by atoms with Gasteiger partial charge in [0.1, 0.15) is 5.75 Å². The topological polar surface area (TPSA) is 29.9 Å². The van der Waals surface area contributed by atoms with Gasteiger partial charge in [-0.1, -0.05) is 29.8 Å². The van der Waals surface area contributed by atoms with Gasteiger partial charge in [-0.25, -0.2) is 0 Å². The Morgan fingerprint density at radius 1 is 1.45 bits per heavy atom. The Kier molecular flexibility index (Phi) is 3.73. The van der Waals surface area contributed by atoms with Gasteiger partial charge < -0.3 is 14.3 Å². The number of nitrogens with zero attached hydrogens (tertiary/aromatic N) is 1. The molecule has 1 aliphatic rings. The van der Waals surface area contributed by atoms with Crippen LogP contribution in [-0.4, -0.2) is 16.2 Å². The minimum absolute atomic E-state index is 0.434. The van der Waals surface area contributed by atoms with Crippen molar-refractivity contribution in [3.63, 3.8) is 0 Å². The molecule has 5 heteroatoms. The molecule has 1 N–H and O–H groups in total. The van der Waals surface area contributed by atoms with E-state index in [-0.39, 0.29) is 0 Å². The summed E-state index contributed by atoms with van der Waals surface area (Å²) in [4.78, 5) is 3.15. The van der Waals surface area contributed by atoms with Gasteiger partial charge in [-0.3, -0.25) is 0 Å². The van der Waals surface area contributed by atoms with Crippen molar-refractivity contribution in [1.29, 1.82) is 0 Å². The summed E-state index contributed by atoms with van der Waals surface area (Å²) in [5.41, 5.74) is 3.69. The van der Waals surface area contributed by atoms with Crippen LogP contribution in [0.1, 0.15) is 36.6 Å². The molecule has 1 aromatic heterocycles. The van der Waals surface area contributed by atoms with Crippen molar-refractivity contribution < 1.29 is 4.74 Å². The monoisotopic (exact) mass is 352 g/mol. The second kappa shape index (κ2) is 5.37. The number of nitrogens with one attached hydrogen (secondary N) is 1. The number of hydrogen-bond donors (Lipinski definition) is 1. The molecule has 0 spiro atoms. The summed E-state index contributed by atoms with van der Waals surface area (Å²) in [5, 5.41) is 0. The first-order valence-electron chi connectivity index (χ1n) is 6.78. The molecule has 3 rings (SSSR count). The molecule has 106 valence electrons. The van der Waals surface area contributed by atoms with E-state index in [0.717, 1.165) is 34.6 Å². The van der Waals surface area contributed by atoms with Crippen LogP contribution in [0.4, 0.5) is 0 Å².